The number of anilines is 2. The summed E-state index contributed by atoms with van der Waals surface area (Å²) in [4.78, 5) is 10.9. The van der Waals surface area contributed by atoms with Gasteiger partial charge in [0.25, 0.3) is 0 Å². The minimum atomic E-state index is -0.267. The van der Waals surface area contributed by atoms with Crippen molar-refractivity contribution >= 4 is 33.5 Å². The third-order valence-corrected chi connectivity index (χ3v) is 6.23. The number of hydrogen-bond acceptors (Lipinski definition) is 6. The average molecular weight is 389 g/mol. The maximum absolute atomic E-state index is 13.8. The highest BCUT2D eigenvalue weighted by Gasteiger charge is 2.30. The van der Waals surface area contributed by atoms with Gasteiger partial charge in [0, 0.05) is 50.3 Å². The number of ether oxygens (including phenoxy) is 1. The number of halogens is 1. The third kappa shape index (κ3) is 3.72. The molecule has 3 heterocycles. The van der Waals surface area contributed by atoms with Crippen molar-refractivity contribution < 1.29 is 9.13 Å². The zero-order valence-electron chi connectivity index (χ0n) is 16.0. The van der Waals surface area contributed by atoms with Gasteiger partial charge in [0.15, 0.2) is 0 Å². The molecule has 0 aliphatic carbocycles. The monoisotopic (exact) mass is 388 g/mol. The molecular weight excluding hydrogens is 363 g/mol. The number of benzene rings is 1. The third-order valence-electron chi connectivity index (χ3n) is 5.26. The fourth-order valence-corrected chi connectivity index (χ4v) is 4.64. The highest BCUT2D eigenvalue weighted by Crippen LogP contribution is 2.39. The van der Waals surface area contributed by atoms with E-state index in [0.717, 1.165) is 54.7 Å². The van der Waals surface area contributed by atoms with Gasteiger partial charge in [-0.2, -0.15) is 0 Å². The minimum absolute atomic E-state index is 0.267. The minimum Gasteiger partial charge on any atom is -0.385 e. The summed E-state index contributed by atoms with van der Waals surface area (Å²) in [5.74, 6) is 0.665. The van der Waals surface area contributed by atoms with E-state index in [1.54, 1.807) is 24.5 Å². The highest BCUT2D eigenvalue weighted by atomic mass is 32.1. The van der Waals surface area contributed by atoms with Gasteiger partial charge in [-0.3, -0.25) is 4.90 Å². The molecule has 5 nitrogen and oxygen atoms in total. The van der Waals surface area contributed by atoms with Crippen LogP contribution in [0.3, 0.4) is 0 Å². The molecular formula is C20H25FN4OS. The van der Waals surface area contributed by atoms with Gasteiger partial charge >= 0.3 is 0 Å². The van der Waals surface area contributed by atoms with Gasteiger partial charge in [0.05, 0.1) is 16.9 Å². The number of amidine groups is 1. The lowest BCUT2D eigenvalue weighted by Crippen LogP contribution is -2.53. The Bertz CT molecular complexity index is 866. The fraction of sp³-hybridized carbons (Fsp3) is 0.450. The van der Waals surface area contributed by atoms with Crippen molar-refractivity contribution in [2.45, 2.75) is 19.4 Å². The molecule has 1 atom stereocenters. The normalized spacial score (nSPS) is 19.8. The molecule has 144 valence electrons. The maximum atomic E-state index is 13.8. The first-order valence-electron chi connectivity index (χ1n) is 9.25. The quantitative estimate of drug-likeness (QED) is 0.863. The number of aliphatic imine (C=N–C) groups is 1. The lowest BCUT2D eigenvalue weighted by atomic mass is 10.1. The second-order valence-corrected chi connectivity index (χ2v) is 8.44. The molecule has 1 saturated heterocycles. The number of piperazine rings is 1. The van der Waals surface area contributed by atoms with E-state index in [1.807, 2.05) is 0 Å². The Morgan fingerprint density at radius 1 is 1.33 bits per heavy atom. The van der Waals surface area contributed by atoms with E-state index >= 15 is 0 Å². The average Bonchev–Trinajstić information content (AvgIpc) is 2.94. The summed E-state index contributed by atoms with van der Waals surface area (Å²) < 4.78 is 19.1. The van der Waals surface area contributed by atoms with Crippen LogP contribution in [0.4, 0.5) is 20.8 Å². The van der Waals surface area contributed by atoms with E-state index in [1.165, 1.54) is 17.0 Å². The standard InChI is InChI=1S/C20H25FN4OS/c1-13-10-16-19(25-8-7-24(2)15(12-25)6-9-26-3)22-18-11-14(21)4-5-17(18)23-20(16)27-13/h4-5,10-11,15,23H,6-9,12H2,1-3H3. The molecule has 0 saturated carbocycles. The van der Waals surface area contributed by atoms with Gasteiger partial charge in [-0.25, -0.2) is 9.38 Å². The molecule has 1 N–H and O–H groups in total. The summed E-state index contributed by atoms with van der Waals surface area (Å²) in [5, 5.41) is 4.53. The Hall–Kier alpha value is -1.96. The molecule has 2 aromatic rings. The van der Waals surface area contributed by atoms with Crippen LogP contribution in [0.25, 0.3) is 0 Å². The van der Waals surface area contributed by atoms with Crippen molar-refractivity contribution in [1.29, 1.82) is 0 Å². The molecule has 0 amide bonds. The second kappa shape index (κ2) is 7.58. The Morgan fingerprint density at radius 2 is 2.19 bits per heavy atom. The SMILES string of the molecule is COCCC1CN(C2=Nc3cc(F)ccc3Nc3sc(C)cc32)CCN1C. The van der Waals surface area contributed by atoms with E-state index in [-0.39, 0.29) is 5.82 Å². The smallest absolute Gasteiger partial charge is 0.139 e. The predicted octanol–water partition coefficient (Wildman–Crippen LogP) is 3.98. The lowest BCUT2D eigenvalue weighted by molar-refractivity contribution is 0.100. The van der Waals surface area contributed by atoms with Crippen molar-refractivity contribution in [3.05, 3.63) is 40.5 Å². The number of likely N-dealkylation sites (N-methyl/N-ethyl adjacent to an activating group) is 1. The van der Waals surface area contributed by atoms with Crippen LogP contribution in [-0.4, -0.2) is 62.1 Å². The van der Waals surface area contributed by atoms with Crippen LogP contribution < -0.4 is 5.32 Å². The number of hydrogen-bond donors (Lipinski definition) is 1. The van der Waals surface area contributed by atoms with E-state index in [9.17, 15) is 4.39 Å². The van der Waals surface area contributed by atoms with E-state index < -0.39 is 0 Å². The van der Waals surface area contributed by atoms with Crippen molar-refractivity contribution in [3.63, 3.8) is 0 Å². The van der Waals surface area contributed by atoms with Crippen LogP contribution in [0, 0.1) is 12.7 Å². The first-order valence-corrected chi connectivity index (χ1v) is 10.1. The largest absolute Gasteiger partial charge is 0.385 e. The number of methoxy groups -OCH3 is 1. The molecule has 4 rings (SSSR count). The zero-order chi connectivity index (χ0) is 19.0. The molecule has 7 heteroatoms. The van der Waals surface area contributed by atoms with Gasteiger partial charge < -0.3 is 15.0 Å². The molecule has 1 aromatic carbocycles. The molecule has 0 bridgehead atoms. The summed E-state index contributed by atoms with van der Waals surface area (Å²) in [6, 6.07) is 7.33. The number of nitrogens with one attached hydrogen (secondary N) is 1. The zero-order valence-corrected chi connectivity index (χ0v) is 16.8. The molecule has 0 radical (unpaired) electrons. The Labute approximate surface area is 163 Å². The first kappa shape index (κ1) is 18.4. The van der Waals surface area contributed by atoms with Crippen molar-refractivity contribution in [1.82, 2.24) is 9.80 Å². The first-order chi connectivity index (χ1) is 13.0. The Morgan fingerprint density at radius 3 is 3.00 bits per heavy atom. The van der Waals surface area contributed by atoms with Crippen LogP contribution in [0.2, 0.25) is 0 Å². The van der Waals surface area contributed by atoms with Gasteiger partial charge in [-0.15, -0.1) is 11.3 Å². The number of nitrogens with zero attached hydrogens (tertiary/aromatic N) is 3. The van der Waals surface area contributed by atoms with Gasteiger partial charge in [0.1, 0.15) is 16.7 Å². The highest BCUT2D eigenvalue weighted by molar-refractivity contribution is 7.16. The summed E-state index contributed by atoms with van der Waals surface area (Å²) in [6.45, 7) is 5.61. The molecule has 27 heavy (non-hydrogen) atoms. The number of rotatable bonds is 3. The summed E-state index contributed by atoms with van der Waals surface area (Å²) in [6.07, 6.45) is 0.982. The number of aryl methyl sites for hydroxylation is 1. The molecule has 1 unspecified atom stereocenters. The second-order valence-electron chi connectivity index (χ2n) is 7.18. The van der Waals surface area contributed by atoms with Crippen molar-refractivity contribution in [3.8, 4) is 0 Å². The maximum Gasteiger partial charge on any atom is 0.139 e. The van der Waals surface area contributed by atoms with Gasteiger partial charge in [-0.05, 0) is 38.6 Å². The van der Waals surface area contributed by atoms with Crippen molar-refractivity contribution in [2.24, 2.45) is 4.99 Å². The summed E-state index contributed by atoms with van der Waals surface area (Å²) in [5.41, 5.74) is 2.60. The van der Waals surface area contributed by atoms with E-state index in [0.29, 0.717) is 11.7 Å². The number of fused-ring (bicyclic) bond motifs is 2. The fourth-order valence-electron chi connectivity index (χ4n) is 3.72. The molecule has 2 aliphatic heterocycles. The van der Waals surface area contributed by atoms with Crippen LogP contribution in [-0.2, 0) is 4.74 Å². The lowest BCUT2D eigenvalue weighted by Gasteiger charge is -2.40. The van der Waals surface area contributed by atoms with Crippen LogP contribution in [0.15, 0.2) is 29.3 Å². The molecule has 0 spiro atoms. The van der Waals surface area contributed by atoms with E-state index in [4.69, 9.17) is 9.73 Å². The predicted molar refractivity (Wildman–Crippen MR) is 109 cm³/mol. The van der Waals surface area contributed by atoms with Gasteiger partial charge in [-0.1, -0.05) is 0 Å². The molecule has 1 fully saturated rings. The molecule has 2 aliphatic rings. The van der Waals surface area contributed by atoms with E-state index in [2.05, 4.69) is 35.2 Å². The Balaban J connectivity index is 1.72. The summed E-state index contributed by atoms with van der Waals surface area (Å²) in [7, 11) is 3.91. The topological polar surface area (TPSA) is 40.1 Å². The van der Waals surface area contributed by atoms with Crippen LogP contribution in [0.5, 0.6) is 0 Å². The van der Waals surface area contributed by atoms with Gasteiger partial charge in [0.2, 0.25) is 0 Å². The summed E-state index contributed by atoms with van der Waals surface area (Å²) >= 11 is 1.71. The Kier molecular flexibility index (Phi) is 5.16. The number of thiophene rings is 1. The van der Waals surface area contributed by atoms with Crippen LogP contribution in [0.1, 0.15) is 16.9 Å². The van der Waals surface area contributed by atoms with Crippen molar-refractivity contribution in [2.75, 3.05) is 45.7 Å². The molecule has 1 aromatic heterocycles. The van der Waals surface area contributed by atoms with Crippen LogP contribution >= 0.6 is 11.3 Å².